The van der Waals surface area contributed by atoms with Gasteiger partial charge in [0.05, 0.1) is 25.2 Å². The molecule has 2 heterocycles. The highest BCUT2D eigenvalue weighted by molar-refractivity contribution is 5.76. The number of aryl methyl sites for hydroxylation is 1. The van der Waals surface area contributed by atoms with E-state index in [-0.39, 0.29) is 25.1 Å². The SMILES string of the molecule is Cc1ccc(Cn2c(=O)n(CCC(=O)N=O)c(=O)[nH]/c2=N\C2=Cc3ccccc3NC2)cc1. The fraction of sp³-hybridized carbons (Fsp3) is 0.217. The fourth-order valence-corrected chi connectivity index (χ4v) is 3.52. The van der Waals surface area contributed by atoms with Gasteiger partial charge in [-0.1, -0.05) is 48.0 Å². The van der Waals surface area contributed by atoms with E-state index in [2.05, 4.69) is 20.5 Å². The fourth-order valence-electron chi connectivity index (χ4n) is 3.52. The van der Waals surface area contributed by atoms with Crippen molar-refractivity contribution in [3.8, 4) is 0 Å². The largest absolute Gasteiger partial charge is 0.379 e. The van der Waals surface area contributed by atoms with Gasteiger partial charge in [-0.05, 0) is 30.2 Å². The highest BCUT2D eigenvalue weighted by atomic mass is 16.3. The Balaban J connectivity index is 1.82. The summed E-state index contributed by atoms with van der Waals surface area (Å²) in [6.45, 7) is 2.28. The number of carbonyl (C=O) groups excluding carboxylic acids is 1. The summed E-state index contributed by atoms with van der Waals surface area (Å²) >= 11 is 0. The lowest BCUT2D eigenvalue weighted by molar-refractivity contribution is -0.118. The summed E-state index contributed by atoms with van der Waals surface area (Å²) in [6.07, 6.45) is 1.54. The molecule has 2 aromatic carbocycles. The average molecular weight is 446 g/mol. The van der Waals surface area contributed by atoms with Crippen LogP contribution in [0.1, 0.15) is 23.1 Å². The van der Waals surface area contributed by atoms with Crippen molar-refractivity contribution >= 4 is 17.7 Å². The molecule has 10 nitrogen and oxygen atoms in total. The Bertz CT molecular complexity index is 1430. The van der Waals surface area contributed by atoms with Crippen LogP contribution in [0.5, 0.6) is 0 Å². The van der Waals surface area contributed by atoms with Crippen LogP contribution in [0, 0.1) is 11.8 Å². The van der Waals surface area contributed by atoms with Gasteiger partial charge in [-0.2, -0.15) is 0 Å². The molecule has 10 heteroatoms. The molecule has 168 valence electrons. The Labute approximate surface area is 187 Å². The molecule has 2 N–H and O–H groups in total. The van der Waals surface area contributed by atoms with E-state index in [0.717, 1.165) is 26.9 Å². The van der Waals surface area contributed by atoms with Gasteiger partial charge in [0.15, 0.2) is 0 Å². The molecule has 0 spiro atoms. The van der Waals surface area contributed by atoms with Gasteiger partial charge >= 0.3 is 11.4 Å². The lowest BCUT2D eigenvalue weighted by Gasteiger charge is -2.16. The Morgan fingerprint density at radius 3 is 2.58 bits per heavy atom. The summed E-state index contributed by atoms with van der Waals surface area (Å²) in [4.78, 5) is 54.7. The van der Waals surface area contributed by atoms with Crippen LogP contribution < -0.4 is 22.3 Å². The van der Waals surface area contributed by atoms with E-state index < -0.39 is 17.3 Å². The number of H-pyrrole nitrogens is 1. The van der Waals surface area contributed by atoms with Gasteiger partial charge in [0.1, 0.15) is 0 Å². The van der Waals surface area contributed by atoms with Gasteiger partial charge < -0.3 is 5.32 Å². The first kappa shape index (κ1) is 21.9. The Hall–Kier alpha value is -4.34. The number of carbonyl (C=O) groups is 1. The minimum Gasteiger partial charge on any atom is -0.379 e. The predicted molar refractivity (Wildman–Crippen MR) is 123 cm³/mol. The number of rotatable bonds is 6. The third-order valence-electron chi connectivity index (χ3n) is 5.29. The van der Waals surface area contributed by atoms with Crippen molar-refractivity contribution < 1.29 is 4.79 Å². The monoisotopic (exact) mass is 446 g/mol. The first-order chi connectivity index (χ1) is 15.9. The quantitative estimate of drug-likeness (QED) is 0.557. The number of fused-ring (bicyclic) bond motifs is 1. The summed E-state index contributed by atoms with van der Waals surface area (Å²) in [5, 5.41) is 5.58. The van der Waals surface area contributed by atoms with Gasteiger partial charge in [-0.25, -0.2) is 19.1 Å². The molecule has 0 saturated carbocycles. The van der Waals surface area contributed by atoms with Gasteiger partial charge in [0.2, 0.25) is 5.62 Å². The van der Waals surface area contributed by atoms with Gasteiger partial charge in [-0.3, -0.25) is 14.3 Å². The zero-order valence-corrected chi connectivity index (χ0v) is 17.9. The van der Waals surface area contributed by atoms with Crippen molar-refractivity contribution in [2.45, 2.75) is 26.4 Å². The summed E-state index contributed by atoms with van der Waals surface area (Å²) in [5.74, 6) is -0.933. The number of hydrogen-bond donors (Lipinski definition) is 2. The second-order valence-corrected chi connectivity index (χ2v) is 7.68. The highest BCUT2D eigenvalue weighted by Crippen LogP contribution is 2.23. The molecule has 0 atom stereocenters. The molecule has 3 aromatic rings. The van der Waals surface area contributed by atoms with Crippen LogP contribution in [-0.2, 0) is 17.9 Å². The molecule has 0 unspecified atom stereocenters. The number of nitrogens with zero attached hydrogens (tertiary/aromatic N) is 4. The van der Waals surface area contributed by atoms with Crippen LogP contribution in [0.4, 0.5) is 5.69 Å². The molecular weight excluding hydrogens is 424 g/mol. The molecule has 4 rings (SSSR count). The van der Waals surface area contributed by atoms with E-state index in [1.54, 1.807) is 0 Å². The third-order valence-corrected chi connectivity index (χ3v) is 5.29. The van der Waals surface area contributed by atoms with Crippen molar-refractivity contribution in [2.24, 2.45) is 10.2 Å². The van der Waals surface area contributed by atoms with Crippen molar-refractivity contribution in [3.63, 3.8) is 0 Å². The maximum absolute atomic E-state index is 13.2. The number of aromatic amines is 1. The van der Waals surface area contributed by atoms with E-state index in [4.69, 9.17) is 0 Å². The molecule has 1 aliphatic heterocycles. The number of benzene rings is 2. The predicted octanol–water partition coefficient (Wildman–Crippen LogP) is 1.75. The first-order valence-corrected chi connectivity index (χ1v) is 10.4. The number of nitroso groups, excluding NO2 is 1. The molecule has 0 fully saturated rings. The standard InChI is InChI=1S/C23H22N6O4/c1-15-6-8-16(9-7-15)14-29-21(25-18-12-17-4-2-3-5-19(17)24-13-18)26-22(31)28(23(29)32)11-10-20(30)27-33/h2-9,12,24H,10-11,13-14H2,1H3,(H,25,26,31). The second kappa shape index (κ2) is 9.43. The molecule has 1 aliphatic rings. The minimum atomic E-state index is -0.933. The van der Waals surface area contributed by atoms with Crippen molar-refractivity contribution in [3.05, 3.63) is 102 Å². The zero-order chi connectivity index (χ0) is 23.4. The van der Waals surface area contributed by atoms with E-state index in [1.807, 2.05) is 61.5 Å². The average Bonchev–Trinajstić information content (AvgIpc) is 2.82. The summed E-state index contributed by atoms with van der Waals surface area (Å²) in [6, 6.07) is 15.4. The Morgan fingerprint density at radius 1 is 1.06 bits per heavy atom. The number of hydrogen-bond acceptors (Lipinski definition) is 6. The van der Waals surface area contributed by atoms with E-state index in [1.165, 1.54) is 4.57 Å². The second-order valence-electron chi connectivity index (χ2n) is 7.68. The highest BCUT2D eigenvalue weighted by Gasteiger charge is 2.13. The van der Waals surface area contributed by atoms with Crippen LogP contribution in [0.3, 0.4) is 0 Å². The normalized spacial score (nSPS) is 13.1. The first-order valence-electron chi connectivity index (χ1n) is 10.4. The molecule has 1 aromatic heterocycles. The van der Waals surface area contributed by atoms with E-state index in [9.17, 15) is 19.3 Å². The number of para-hydroxylation sites is 1. The molecule has 0 aliphatic carbocycles. The number of aromatic nitrogens is 3. The van der Waals surface area contributed by atoms with Crippen LogP contribution in [0.25, 0.3) is 6.08 Å². The number of amides is 1. The molecule has 33 heavy (non-hydrogen) atoms. The third kappa shape index (κ3) is 4.95. The summed E-state index contributed by atoms with van der Waals surface area (Å²) in [5.41, 5.74) is 3.20. The van der Waals surface area contributed by atoms with Crippen LogP contribution in [0.15, 0.2) is 74.0 Å². The summed E-state index contributed by atoms with van der Waals surface area (Å²) in [7, 11) is 0. The van der Waals surface area contributed by atoms with Crippen LogP contribution >= 0.6 is 0 Å². The Morgan fingerprint density at radius 2 is 1.82 bits per heavy atom. The van der Waals surface area contributed by atoms with Gasteiger partial charge in [0.25, 0.3) is 5.91 Å². The van der Waals surface area contributed by atoms with Crippen molar-refractivity contribution in [1.82, 2.24) is 14.1 Å². The molecule has 0 radical (unpaired) electrons. The lowest BCUT2D eigenvalue weighted by atomic mass is 10.1. The van der Waals surface area contributed by atoms with Crippen molar-refractivity contribution in [1.29, 1.82) is 0 Å². The topological polar surface area (TPSA) is 131 Å². The van der Waals surface area contributed by atoms with E-state index in [0.29, 0.717) is 12.2 Å². The molecule has 0 saturated heterocycles. The minimum absolute atomic E-state index is 0.0918. The van der Waals surface area contributed by atoms with Crippen molar-refractivity contribution in [2.75, 3.05) is 11.9 Å². The molecule has 1 amide bonds. The zero-order valence-electron chi connectivity index (χ0n) is 17.9. The summed E-state index contributed by atoms with van der Waals surface area (Å²) < 4.78 is 2.21. The smallest absolute Gasteiger partial charge is 0.335 e. The van der Waals surface area contributed by atoms with Crippen LogP contribution in [0.2, 0.25) is 0 Å². The maximum Gasteiger partial charge on any atom is 0.335 e. The van der Waals surface area contributed by atoms with Gasteiger partial charge in [0, 0.05) is 17.4 Å². The molecular formula is C23H22N6O4. The Kier molecular flexibility index (Phi) is 6.25. The number of nitrogens with one attached hydrogen (secondary N) is 2. The van der Waals surface area contributed by atoms with Gasteiger partial charge in [-0.15, -0.1) is 4.91 Å². The lowest BCUT2D eigenvalue weighted by Crippen LogP contribution is -2.50. The molecule has 0 bridgehead atoms. The maximum atomic E-state index is 13.2. The van der Waals surface area contributed by atoms with Crippen LogP contribution in [-0.4, -0.2) is 26.6 Å². The van der Waals surface area contributed by atoms with E-state index >= 15 is 0 Å². The number of anilines is 1.